The van der Waals surface area contributed by atoms with Gasteiger partial charge in [-0.1, -0.05) is 20.8 Å². The number of nitriles is 1. The van der Waals surface area contributed by atoms with Gasteiger partial charge in [0, 0.05) is 52.1 Å². The van der Waals surface area contributed by atoms with Crippen LogP contribution in [0.15, 0.2) is 0 Å². The summed E-state index contributed by atoms with van der Waals surface area (Å²) < 4.78 is 69.9. The van der Waals surface area contributed by atoms with Gasteiger partial charge in [-0.05, 0) is 94.8 Å². The second-order valence-electron chi connectivity index (χ2n) is 19.2. The highest BCUT2D eigenvalue weighted by molar-refractivity contribution is 5.73. The summed E-state index contributed by atoms with van der Waals surface area (Å²) in [5.74, 6) is -2.82. The second-order valence-corrected chi connectivity index (χ2v) is 19.2. The molecule has 0 amide bonds. The van der Waals surface area contributed by atoms with E-state index in [1.165, 1.54) is 14.0 Å². The average molecular weight is 886 g/mol. The van der Waals surface area contributed by atoms with Crippen molar-refractivity contribution in [1.29, 1.82) is 5.26 Å². The zero-order valence-electron chi connectivity index (χ0n) is 40.3. The molecule has 4 aliphatic heterocycles. The zero-order valence-corrected chi connectivity index (χ0v) is 40.3. The molecule has 4 aliphatic rings. The SMILES string of the molecule is CC[C@H]1OC(=O)[C@H](C)[C@@H](O[C@H]2C[C@@](C)(OC)[C@@H](OC(C)=O)[C@H](C)O2)[C@H](C)[C@@H](O[C@@H]2O[C@H](C)C[C@H](N(C)C)[C@H]2OCCC#N)[C@](C)(O)C[C@@H](C)CN(C)[C@H](C)[C@H]2OC(OC)O[C@@]21C. The van der Waals surface area contributed by atoms with E-state index in [0.717, 1.165) is 0 Å². The number of carbonyl (C=O) groups is 2. The molecule has 4 fully saturated rings. The van der Waals surface area contributed by atoms with Gasteiger partial charge in [0.15, 0.2) is 18.7 Å². The zero-order chi connectivity index (χ0) is 46.5. The summed E-state index contributed by atoms with van der Waals surface area (Å²) in [4.78, 5) is 31.2. The number of methoxy groups -OCH3 is 2. The molecule has 17 heteroatoms. The number of esters is 2. The van der Waals surface area contributed by atoms with Crippen molar-refractivity contribution in [1.82, 2.24) is 9.80 Å². The minimum atomic E-state index is -1.54. The number of cyclic esters (lactones) is 1. The summed E-state index contributed by atoms with van der Waals surface area (Å²) in [6.45, 7) is 20.0. The molecule has 0 aliphatic carbocycles. The van der Waals surface area contributed by atoms with Crippen molar-refractivity contribution in [3.63, 3.8) is 0 Å². The van der Waals surface area contributed by atoms with Crippen molar-refractivity contribution in [2.75, 3.05) is 48.5 Å². The van der Waals surface area contributed by atoms with E-state index in [2.05, 4.69) is 22.8 Å². The third kappa shape index (κ3) is 12.0. The van der Waals surface area contributed by atoms with Crippen molar-refractivity contribution in [2.45, 2.75) is 205 Å². The number of ether oxygens (including phenoxy) is 11. The number of carbonyl (C=O) groups excluding carboxylic acids is 2. The third-order valence-corrected chi connectivity index (χ3v) is 13.7. The molecule has 1 N–H and O–H groups in total. The van der Waals surface area contributed by atoms with Gasteiger partial charge in [0.05, 0.1) is 55.0 Å². The van der Waals surface area contributed by atoms with E-state index in [9.17, 15) is 20.0 Å². The molecule has 4 heterocycles. The Morgan fingerprint density at radius 3 is 2.26 bits per heavy atom. The van der Waals surface area contributed by atoms with Gasteiger partial charge in [-0.25, -0.2) is 0 Å². The second kappa shape index (κ2) is 22.0. The largest absolute Gasteiger partial charge is 0.459 e. The van der Waals surface area contributed by atoms with E-state index in [1.54, 1.807) is 27.9 Å². The number of nitrogens with zero attached hydrogens (tertiary/aromatic N) is 3. The molecule has 19 atom stereocenters. The molecule has 1 unspecified atom stereocenters. The highest BCUT2D eigenvalue weighted by atomic mass is 16.9. The predicted octanol–water partition coefficient (Wildman–Crippen LogP) is 4.40. The fourth-order valence-electron chi connectivity index (χ4n) is 10.3. The molecule has 0 bridgehead atoms. The van der Waals surface area contributed by atoms with Gasteiger partial charge in [-0.2, -0.15) is 5.26 Å². The van der Waals surface area contributed by atoms with E-state index in [0.29, 0.717) is 19.4 Å². The van der Waals surface area contributed by atoms with Crippen molar-refractivity contribution in [3.8, 4) is 6.07 Å². The topological polar surface area (TPSA) is 186 Å². The van der Waals surface area contributed by atoms with Gasteiger partial charge >= 0.3 is 11.9 Å². The number of rotatable bonds is 12. The van der Waals surface area contributed by atoms with Crippen LogP contribution in [-0.2, 0) is 61.7 Å². The molecule has 0 aromatic rings. The van der Waals surface area contributed by atoms with Crippen molar-refractivity contribution in [3.05, 3.63) is 0 Å². The van der Waals surface area contributed by atoms with Crippen molar-refractivity contribution in [2.24, 2.45) is 17.8 Å². The number of hydrogen-bond donors (Lipinski definition) is 1. The standard InChI is InChI=1S/C45H79N3O14/c1-17-33-45(11)38(61-42(52-15)62-45)29(6)48(14)24-25(2)22-43(9,51)37(60-41-36(54-20-18-19-46)32(47(12)13)21-26(3)55-41)27(4)35(28(5)40(50)58-33)59-34-23-44(10,53-16)39(30(7)56-34)57-31(8)49/h25-30,32-39,41-42,51H,17-18,20-24H2,1-16H3/t25-,26-,27+,28-,29-,30+,32+,33-,34+,35+,36-,37-,38-,39+,41+,42?,43-,44-,45-/m1/s1. The van der Waals surface area contributed by atoms with Crippen LogP contribution in [0.4, 0.5) is 0 Å². The Balaban J connectivity index is 1.87. The molecule has 0 spiro atoms. The maximum atomic E-state index is 14.8. The Morgan fingerprint density at radius 1 is 1.00 bits per heavy atom. The first-order chi connectivity index (χ1) is 29.0. The molecule has 358 valence electrons. The summed E-state index contributed by atoms with van der Waals surface area (Å²) >= 11 is 0. The molecule has 0 aromatic carbocycles. The third-order valence-electron chi connectivity index (χ3n) is 13.7. The molecule has 4 saturated heterocycles. The van der Waals surface area contributed by atoms with Crippen LogP contribution in [0, 0.1) is 29.1 Å². The Kier molecular flexibility index (Phi) is 18.6. The minimum absolute atomic E-state index is 0.0872. The molecule has 17 nitrogen and oxygen atoms in total. The van der Waals surface area contributed by atoms with Gasteiger partial charge < -0.3 is 67.0 Å². The van der Waals surface area contributed by atoms with E-state index in [4.69, 9.17) is 52.1 Å². The maximum absolute atomic E-state index is 14.8. The summed E-state index contributed by atoms with van der Waals surface area (Å²) in [6.07, 6.45) is -5.85. The summed E-state index contributed by atoms with van der Waals surface area (Å²) in [5, 5.41) is 22.3. The predicted molar refractivity (Wildman–Crippen MR) is 226 cm³/mol. The number of likely N-dealkylation sites (N-methyl/N-ethyl adjacent to an activating group) is 2. The first-order valence-corrected chi connectivity index (χ1v) is 22.4. The normalized spacial score (nSPS) is 45.3. The Bertz CT molecular complexity index is 1500. The van der Waals surface area contributed by atoms with Crippen LogP contribution < -0.4 is 0 Å². The lowest BCUT2D eigenvalue weighted by molar-refractivity contribution is -0.321. The molecule has 62 heavy (non-hydrogen) atoms. The van der Waals surface area contributed by atoms with Crippen LogP contribution in [-0.4, -0.2) is 172 Å². The molecule has 0 radical (unpaired) electrons. The number of fused-ring (bicyclic) bond motifs is 1. The van der Waals surface area contributed by atoms with Crippen LogP contribution in [0.1, 0.15) is 108 Å². The lowest BCUT2D eigenvalue weighted by Crippen LogP contribution is -2.61. The molecular formula is C45H79N3O14. The van der Waals surface area contributed by atoms with Crippen LogP contribution in [0.3, 0.4) is 0 Å². The fraction of sp³-hybridized carbons (Fsp3) is 0.933. The maximum Gasteiger partial charge on any atom is 0.311 e. The van der Waals surface area contributed by atoms with E-state index < -0.39 is 102 Å². The highest BCUT2D eigenvalue weighted by Crippen LogP contribution is 2.43. The first kappa shape index (κ1) is 52.6. The van der Waals surface area contributed by atoms with E-state index in [-0.39, 0.29) is 50.0 Å². The lowest BCUT2D eigenvalue weighted by atomic mass is 9.77. The van der Waals surface area contributed by atoms with Crippen LogP contribution in [0.5, 0.6) is 0 Å². The Morgan fingerprint density at radius 2 is 1.68 bits per heavy atom. The minimum Gasteiger partial charge on any atom is -0.459 e. The average Bonchev–Trinajstić information content (AvgIpc) is 3.55. The quantitative estimate of drug-likeness (QED) is 0.215. The molecule has 4 rings (SSSR count). The highest BCUT2D eigenvalue weighted by Gasteiger charge is 2.57. The number of hydrogen-bond acceptors (Lipinski definition) is 17. The summed E-state index contributed by atoms with van der Waals surface area (Å²) in [6, 6.07) is 1.79. The van der Waals surface area contributed by atoms with E-state index >= 15 is 0 Å². The van der Waals surface area contributed by atoms with Gasteiger partial charge in [0.1, 0.15) is 29.5 Å². The number of aliphatic hydroxyl groups is 1. The Hall–Kier alpha value is -2.05. The van der Waals surface area contributed by atoms with Crippen molar-refractivity contribution >= 4 is 11.9 Å². The monoisotopic (exact) mass is 886 g/mol. The van der Waals surface area contributed by atoms with Crippen LogP contribution in [0.25, 0.3) is 0 Å². The molecular weight excluding hydrogens is 807 g/mol. The molecule has 0 saturated carbocycles. The summed E-state index contributed by atoms with van der Waals surface area (Å²) in [5.41, 5.74) is -3.66. The first-order valence-electron chi connectivity index (χ1n) is 22.4. The van der Waals surface area contributed by atoms with Crippen molar-refractivity contribution < 1.29 is 66.8 Å². The lowest BCUT2D eigenvalue weighted by Gasteiger charge is -2.49. The summed E-state index contributed by atoms with van der Waals surface area (Å²) in [7, 11) is 8.98. The van der Waals surface area contributed by atoms with Crippen LogP contribution >= 0.6 is 0 Å². The van der Waals surface area contributed by atoms with Gasteiger partial charge in [0.25, 0.3) is 6.48 Å². The van der Waals surface area contributed by atoms with Gasteiger partial charge in [0.2, 0.25) is 0 Å². The van der Waals surface area contributed by atoms with Gasteiger partial charge in [-0.3, -0.25) is 9.59 Å². The fourth-order valence-corrected chi connectivity index (χ4v) is 10.3. The van der Waals surface area contributed by atoms with E-state index in [1.807, 2.05) is 62.7 Å². The van der Waals surface area contributed by atoms with Crippen LogP contribution in [0.2, 0.25) is 0 Å². The smallest absolute Gasteiger partial charge is 0.311 e. The Labute approximate surface area is 370 Å². The molecule has 0 aromatic heterocycles. The van der Waals surface area contributed by atoms with Gasteiger partial charge in [-0.15, -0.1) is 0 Å².